The molecule has 0 spiro atoms. The van der Waals surface area contributed by atoms with Crippen LogP contribution >= 0.6 is 23.3 Å². The highest BCUT2D eigenvalue weighted by Gasteiger charge is 2.25. The van der Waals surface area contributed by atoms with Gasteiger partial charge in [0.15, 0.2) is 11.6 Å². The highest BCUT2D eigenvalue weighted by molar-refractivity contribution is 7.99. The average molecular weight is 477 g/mol. The molecule has 1 saturated heterocycles. The predicted molar refractivity (Wildman–Crippen MR) is 126 cm³/mol. The molecule has 2 aromatic carbocycles. The van der Waals surface area contributed by atoms with Gasteiger partial charge in [0.25, 0.3) is 17.5 Å². The molecule has 12 heteroatoms. The van der Waals surface area contributed by atoms with Gasteiger partial charge in [-0.1, -0.05) is 24.3 Å². The number of benzene rings is 2. The Morgan fingerprint density at radius 3 is 2.79 bits per heavy atom. The fraction of sp³-hybridized carbons (Fsp3) is 0.190. The van der Waals surface area contributed by atoms with Crippen molar-refractivity contribution in [3.63, 3.8) is 0 Å². The monoisotopic (exact) mass is 476 g/mol. The van der Waals surface area contributed by atoms with E-state index in [1.807, 2.05) is 24.3 Å². The Morgan fingerprint density at radius 1 is 1.21 bits per heavy atom. The summed E-state index contributed by atoms with van der Waals surface area (Å²) >= 11 is 2.94. The Kier molecular flexibility index (Phi) is 5.72. The standard InChI is InChI=1S/C21H16N8O2S2/c1-22-16-11-24-29(21-23-12-33-27-21)19(16)26-25-15-10-13-4-2-3-5-14(13)17(18(15)30)20(31)28-6-8-32-9-7-28/h2-5,10-12,30H,6-9H2/b26-25+. The summed E-state index contributed by atoms with van der Waals surface area (Å²) in [6.45, 7) is 8.64. The maximum Gasteiger partial charge on any atom is 0.263 e. The number of thioether (sulfide) groups is 1. The smallest absolute Gasteiger partial charge is 0.263 e. The fourth-order valence-electron chi connectivity index (χ4n) is 3.55. The minimum atomic E-state index is -0.247. The molecule has 1 amide bonds. The highest BCUT2D eigenvalue weighted by atomic mass is 32.2. The van der Waals surface area contributed by atoms with E-state index in [1.54, 1.807) is 28.2 Å². The van der Waals surface area contributed by atoms with Gasteiger partial charge in [-0.05, 0) is 28.4 Å². The summed E-state index contributed by atoms with van der Waals surface area (Å²) < 4.78 is 5.43. The fourth-order valence-corrected chi connectivity index (χ4v) is 4.86. The van der Waals surface area contributed by atoms with Crippen LogP contribution in [0.1, 0.15) is 10.4 Å². The Bertz CT molecular complexity index is 1400. The number of aromatic hydroxyl groups is 1. The van der Waals surface area contributed by atoms with Crippen LogP contribution in [0, 0.1) is 6.57 Å². The van der Waals surface area contributed by atoms with E-state index in [0.29, 0.717) is 18.5 Å². The lowest BCUT2D eigenvalue weighted by atomic mass is 10.0. The van der Waals surface area contributed by atoms with Crippen LogP contribution < -0.4 is 0 Å². The van der Waals surface area contributed by atoms with E-state index in [0.717, 1.165) is 28.4 Å². The van der Waals surface area contributed by atoms with Gasteiger partial charge < -0.3 is 10.0 Å². The number of azo groups is 1. The van der Waals surface area contributed by atoms with E-state index >= 15 is 0 Å². The molecule has 1 fully saturated rings. The Hall–Kier alpha value is -3.82. The Labute approximate surface area is 196 Å². The number of nitrogens with zero attached hydrogens (tertiary/aromatic N) is 8. The largest absolute Gasteiger partial charge is 0.505 e. The second-order valence-corrected chi connectivity index (χ2v) is 8.88. The average Bonchev–Trinajstić information content (AvgIpc) is 3.52. The number of hydrogen-bond acceptors (Lipinski definition) is 9. The summed E-state index contributed by atoms with van der Waals surface area (Å²) in [6.07, 6.45) is 1.35. The third-order valence-electron chi connectivity index (χ3n) is 5.15. The van der Waals surface area contributed by atoms with Gasteiger partial charge in [0.05, 0.1) is 18.3 Å². The molecule has 0 saturated carbocycles. The second-order valence-electron chi connectivity index (χ2n) is 7.05. The van der Waals surface area contributed by atoms with Gasteiger partial charge in [0.1, 0.15) is 11.2 Å². The first kappa shape index (κ1) is 21.0. The number of aromatic nitrogens is 4. The number of phenols is 1. The number of carbonyl (C=O) groups excluding carboxylic acids is 1. The van der Waals surface area contributed by atoms with Crippen molar-refractivity contribution in [1.29, 1.82) is 0 Å². The molecule has 1 N–H and O–H groups in total. The summed E-state index contributed by atoms with van der Waals surface area (Å²) in [5.74, 6) is 1.64. The van der Waals surface area contributed by atoms with Crippen LogP contribution in [0.4, 0.5) is 17.2 Å². The summed E-state index contributed by atoms with van der Waals surface area (Å²) in [4.78, 5) is 22.6. The zero-order chi connectivity index (χ0) is 22.8. The van der Waals surface area contributed by atoms with Gasteiger partial charge in [-0.2, -0.15) is 25.9 Å². The summed E-state index contributed by atoms with van der Waals surface area (Å²) in [5.41, 5.74) is 2.03. The number of phenolic OH excluding ortho intramolecular Hbond substituents is 1. The van der Waals surface area contributed by atoms with Crippen molar-refractivity contribution in [1.82, 2.24) is 24.0 Å². The van der Waals surface area contributed by atoms with E-state index in [-0.39, 0.29) is 40.4 Å². The first-order chi connectivity index (χ1) is 16.2. The van der Waals surface area contributed by atoms with Crippen molar-refractivity contribution in [3.05, 3.63) is 59.0 Å². The Balaban J connectivity index is 1.61. The zero-order valence-corrected chi connectivity index (χ0v) is 18.8. The molecule has 0 radical (unpaired) electrons. The van der Waals surface area contributed by atoms with E-state index in [2.05, 4.69) is 29.5 Å². The molecule has 33 heavy (non-hydrogen) atoms. The van der Waals surface area contributed by atoms with Crippen molar-refractivity contribution in [3.8, 4) is 11.7 Å². The maximum absolute atomic E-state index is 13.3. The molecule has 3 heterocycles. The molecule has 0 unspecified atom stereocenters. The Morgan fingerprint density at radius 2 is 2.03 bits per heavy atom. The molecule has 0 bridgehead atoms. The molecule has 5 rings (SSSR count). The van der Waals surface area contributed by atoms with Gasteiger partial charge >= 0.3 is 0 Å². The first-order valence-corrected chi connectivity index (χ1v) is 11.9. The normalized spacial score (nSPS) is 14.1. The van der Waals surface area contributed by atoms with Crippen molar-refractivity contribution >= 4 is 57.2 Å². The lowest BCUT2D eigenvalue weighted by Crippen LogP contribution is -2.38. The van der Waals surface area contributed by atoms with E-state index in [9.17, 15) is 9.90 Å². The number of rotatable bonds is 4. The van der Waals surface area contributed by atoms with Gasteiger partial charge in [0.2, 0.25) is 0 Å². The number of amides is 1. The topological polar surface area (TPSA) is 113 Å². The lowest BCUT2D eigenvalue weighted by Gasteiger charge is -2.27. The number of carbonyl (C=O) groups is 1. The minimum Gasteiger partial charge on any atom is -0.505 e. The first-order valence-electron chi connectivity index (χ1n) is 9.93. The molecular formula is C21H16N8O2S2. The molecule has 2 aromatic heterocycles. The second kappa shape index (κ2) is 8.97. The van der Waals surface area contributed by atoms with Crippen LogP contribution in [-0.2, 0) is 0 Å². The van der Waals surface area contributed by atoms with Crippen LogP contribution in [-0.4, -0.2) is 59.6 Å². The van der Waals surface area contributed by atoms with Crippen LogP contribution in [0.3, 0.4) is 0 Å². The molecule has 10 nitrogen and oxygen atoms in total. The van der Waals surface area contributed by atoms with Gasteiger partial charge in [-0.15, -0.1) is 10.2 Å². The number of hydrogen-bond donors (Lipinski definition) is 1. The van der Waals surface area contributed by atoms with E-state index in [4.69, 9.17) is 6.57 Å². The summed E-state index contributed by atoms with van der Waals surface area (Å²) in [6, 6.07) is 9.00. The van der Waals surface area contributed by atoms with E-state index in [1.165, 1.54) is 10.9 Å². The molecular weight excluding hydrogens is 460 g/mol. The highest BCUT2D eigenvalue weighted by Crippen LogP contribution is 2.39. The van der Waals surface area contributed by atoms with Crippen molar-refractivity contribution in [2.24, 2.45) is 10.2 Å². The summed E-state index contributed by atoms with van der Waals surface area (Å²) in [5, 5.41) is 25.0. The predicted octanol–water partition coefficient (Wildman–Crippen LogP) is 4.74. The lowest BCUT2D eigenvalue weighted by molar-refractivity contribution is 0.0771. The molecule has 4 aromatic rings. The molecule has 1 aliphatic heterocycles. The van der Waals surface area contributed by atoms with Crippen molar-refractivity contribution < 1.29 is 9.90 Å². The quantitative estimate of drug-likeness (QED) is 0.336. The number of fused-ring (bicyclic) bond motifs is 1. The van der Waals surface area contributed by atoms with Crippen LogP contribution in [0.15, 0.2) is 52.3 Å². The SMILES string of the molecule is [C-]#[N+]c1cnn(-c2ncsn2)c1/N=N/c1cc2ccccc2c(C(=O)N2CCSCC2)c1O. The molecule has 1 aliphatic rings. The van der Waals surface area contributed by atoms with Crippen molar-refractivity contribution in [2.45, 2.75) is 0 Å². The van der Waals surface area contributed by atoms with Gasteiger partial charge in [-0.25, -0.2) is 9.83 Å². The van der Waals surface area contributed by atoms with Crippen molar-refractivity contribution in [2.75, 3.05) is 24.6 Å². The van der Waals surface area contributed by atoms with Crippen LogP contribution in [0.5, 0.6) is 5.75 Å². The van der Waals surface area contributed by atoms with E-state index < -0.39 is 0 Å². The maximum atomic E-state index is 13.3. The zero-order valence-electron chi connectivity index (χ0n) is 17.1. The molecule has 164 valence electrons. The minimum absolute atomic E-state index is 0.123. The van der Waals surface area contributed by atoms with Gasteiger partial charge in [-0.3, -0.25) is 4.79 Å². The third kappa shape index (κ3) is 3.92. The molecule has 0 atom stereocenters. The van der Waals surface area contributed by atoms with Crippen LogP contribution in [0.25, 0.3) is 21.6 Å². The summed E-state index contributed by atoms with van der Waals surface area (Å²) in [7, 11) is 0. The third-order valence-corrected chi connectivity index (χ3v) is 6.56. The molecule has 0 aliphatic carbocycles. The van der Waals surface area contributed by atoms with Gasteiger partial charge in [0, 0.05) is 24.6 Å². The van der Waals surface area contributed by atoms with Crippen LogP contribution in [0.2, 0.25) is 0 Å².